The second-order valence-corrected chi connectivity index (χ2v) is 11.1. The van der Waals surface area contributed by atoms with Crippen LogP contribution in [0, 0.1) is 0 Å². The van der Waals surface area contributed by atoms with Gasteiger partial charge in [-0.15, -0.1) is 0 Å². The minimum Gasteiger partial charge on any atom is -0.353 e. The van der Waals surface area contributed by atoms with Crippen molar-refractivity contribution in [3.05, 3.63) is 12.2 Å². The van der Waals surface area contributed by atoms with E-state index in [2.05, 4.69) is 29.7 Å². The van der Waals surface area contributed by atoms with Gasteiger partial charge in [0.15, 0.2) is 5.96 Å². The Morgan fingerprint density at radius 1 is 0.714 bits per heavy atom. The average Bonchev–Trinajstić information content (AvgIpc) is 2.87. The van der Waals surface area contributed by atoms with Gasteiger partial charge in [0.25, 0.3) is 0 Å². The molecule has 0 radical (unpaired) electrons. The molecule has 0 aromatic carbocycles. The number of rotatable bonds is 17. The van der Waals surface area contributed by atoms with Crippen LogP contribution < -0.4 is 10.6 Å². The fourth-order valence-corrected chi connectivity index (χ4v) is 5.49. The van der Waals surface area contributed by atoms with E-state index in [0.717, 1.165) is 18.8 Å². The van der Waals surface area contributed by atoms with Crippen LogP contribution in [0.4, 0.5) is 0 Å². The molecule has 2 N–H and O–H groups in total. The molecule has 2 aliphatic rings. The molecule has 2 fully saturated rings. The number of allylic oxidation sites excluding steroid dienone is 2. The summed E-state index contributed by atoms with van der Waals surface area (Å²) in [5.41, 5.74) is 0. The highest BCUT2D eigenvalue weighted by molar-refractivity contribution is 5.97. The van der Waals surface area contributed by atoms with Crippen molar-refractivity contribution < 1.29 is 4.79 Å². The Labute approximate surface area is 217 Å². The Morgan fingerprint density at radius 3 is 1.89 bits per heavy atom. The molecule has 0 spiro atoms. The van der Waals surface area contributed by atoms with Crippen molar-refractivity contribution in [3.63, 3.8) is 0 Å². The third kappa shape index (κ3) is 16.1. The molecular weight excluding hydrogens is 430 g/mol. The Morgan fingerprint density at radius 2 is 1.26 bits per heavy atom. The summed E-state index contributed by atoms with van der Waals surface area (Å²) in [4.78, 5) is 17.6. The number of nitrogens with one attached hydrogen (secondary N) is 2. The maximum absolute atomic E-state index is 12.6. The van der Waals surface area contributed by atoms with Crippen molar-refractivity contribution in [1.29, 1.82) is 0 Å². The van der Waals surface area contributed by atoms with Crippen molar-refractivity contribution in [2.75, 3.05) is 0 Å². The van der Waals surface area contributed by atoms with Crippen LogP contribution in [-0.2, 0) is 4.79 Å². The summed E-state index contributed by atoms with van der Waals surface area (Å²) < 4.78 is 0. The zero-order chi connectivity index (χ0) is 24.8. The van der Waals surface area contributed by atoms with Crippen molar-refractivity contribution in [2.45, 2.75) is 173 Å². The molecule has 2 aliphatic carbocycles. The zero-order valence-corrected chi connectivity index (χ0v) is 23.1. The first kappa shape index (κ1) is 29.9. The highest BCUT2D eigenvalue weighted by atomic mass is 16.1. The Bertz CT molecular complexity index is 574. The molecule has 1 amide bonds. The summed E-state index contributed by atoms with van der Waals surface area (Å²) in [5, 5.41) is 6.75. The molecule has 0 aromatic heterocycles. The highest BCUT2D eigenvalue weighted by Gasteiger charge is 2.18. The van der Waals surface area contributed by atoms with Gasteiger partial charge in [-0.3, -0.25) is 10.1 Å². The van der Waals surface area contributed by atoms with Gasteiger partial charge < -0.3 is 5.32 Å². The summed E-state index contributed by atoms with van der Waals surface area (Å²) in [7, 11) is 0. The zero-order valence-electron chi connectivity index (χ0n) is 23.1. The van der Waals surface area contributed by atoms with Crippen molar-refractivity contribution >= 4 is 11.9 Å². The monoisotopic (exact) mass is 487 g/mol. The number of hydrogen-bond donors (Lipinski definition) is 2. The molecule has 35 heavy (non-hydrogen) atoms. The van der Waals surface area contributed by atoms with Gasteiger partial charge in [-0.2, -0.15) is 0 Å². The van der Waals surface area contributed by atoms with E-state index in [1.54, 1.807) is 0 Å². The van der Waals surface area contributed by atoms with E-state index in [1.807, 2.05) is 0 Å². The summed E-state index contributed by atoms with van der Waals surface area (Å²) in [6.45, 7) is 2.28. The largest absolute Gasteiger partial charge is 0.353 e. The van der Waals surface area contributed by atoms with Crippen LogP contribution in [0.2, 0.25) is 0 Å². The molecule has 0 atom stereocenters. The van der Waals surface area contributed by atoms with Crippen LogP contribution in [0.5, 0.6) is 0 Å². The normalized spacial score (nSPS) is 18.3. The molecule has 2 saturated carbocycles. The van der Waals surface area contributed by atoms with Crippen LogP contribution in [0.1, 0.15) is 161 Å². The lowest BCUT2D eigenvalue weighted by Gasteiger charge is -2.26. The van der Waals surface area contributed by atoms with E-state index in [-0.39, 0.29) is 5.91 Å². The minimum atomic E-state index is 0.139. The Balaban J connectivity index is 1.52. The Hall–Kier alpha value is -1.32. The van der Waals surface area contributed by atoms with Gasteiger partial charge in [0.2, 0.25) is 5.91 Å². The molecule has 0 bridgehead atoms. The topological polar surface area (TPSA) is 53.5 Å². The van der Waals surface area contributed by atoms with Crippen molar-refractivity contribution in [2.24, 2.45) is 4.99 Å². The number of aliphatic imine (C=N–C) groups is 1. The molecule has 4 nitrogen and oxygen atoms in total. The minimum absolute atomic E-state index is 0.139. The van der Waals surface area contributed by atoms with E-state index >= 15 is 0 Å². The van der Waals surface area contributed by atoms with Gasteiger partial charge in [-0.05, 0) is 57.8 Å². The van der Waals surface area contributed by atoms with Crippen LogP contribution in [0.3, 0.4) is 0 Å². The number of carbonyl (C=O) groups is 1. The second-order valence-electron chi connectivity index (χ2n) is 11.1. The lowest BCUT2D eigenvalue weighted by molar-refractivity contribution is -0.119. The maximum atomic E-state index is 12.6. The predicted octanol–water partition coefficient (Wildman–Crippen LogP) is 8.75. The third-order valence-corrected chi connectivity index (χ3v) is 7.76. The van der Waals surface area contributed by atoms with Gasteiger partial charge >= 0.3 is 0 Å². The number of nitrogens with zero attached hydrogens (tertiary/aromatic N) is 1. The smallest absolute Gasteiger partial charge is 0.226 e. The van der Waals surface area contributed by atoms with Crippen molar-refractivity contribution in [3.8, 4) is 0 Å². The van der Waals surface area contributed by atoms with E-state index < -0.39 is 0 Å². The molecule has 0 aliphatic heterocycles. The average molecular weight is 488 g/mol. The van der Waals surface area contributed by atoms with E-state index in [0.29, 0.717) is 18.5 Å². The van der Waals surface area contributed by atoms with Gasteiger partial charge in [0, 0.05) is 12.5 Å². The highest BCUT2D eigenvalue weighted by Crippen LogP contribution is 2.21. The predicted molar refractivity (Wildman–Crippen MR) is 152 cm³/mol. The Kier molecular flexibility index (Phi) is 17.8. The molecule has 202 valence electrons. The first-order valence-corrected chi connectivity index (χ1v) is 15.6. The molecule has 0 heterocycles. The summed E-state index contributed by atoms with van der Waals surface area (Å²) >= 11 is 0. The summed E-state index contributed by atoms with van der Waals surface area (Å²) in [6, 6.07) is 0.862. The number of unbranched alkanes of at least 4 members (excludes halogenated alkanes) is 11. The van der Waals surface area contributed by atoms with Crippen LogP contribution in [0.15, 0.2) is 17.1 Å². The standard InChI is InChI=1S/C31H57N3O/c1-2-3-4-5-6-7-8-9-10-11-12-13-14-15-22-27-30(35)34-31(32-28-23-18-16-19-24-28)33-29-25-20-17-21-26-29/h9-10,28-29H,2-8,11-27H2,1H3,(H2,32,33,34,35)/b10-9-. The lowest BCUT2D eigenvalue weighted by atomic mass is 9.95. The molecule has 0 unspecified atom stereocenters. The molecular formula is C31H57N3O. The fourth-order valence-electron chi connectivity index (χ4n) is 5.49. The van der Waals surface area contributed by atoms with Gasteiger partial charge in [0.1, 0.15) is 0 Å². The number of carbonyl (C=O) groups excluding carboxylic acids is 1. The van der Waals surface area contributed by atoms with Crippen LogP contribution in [0.25, 0.3) is 0 Å². The lowest BCUT2D eigenvalue weighted by Crippen LogP contribution is -2.47. The van der Waals surface area contributed by atoms with Gasteiger partial charge in [-0.25, -0.2) is 4.99 Å². The first-order chi connectivity index (χ1) is 17.3. The molecule has 2 rings (SSSR count). The van der Waals surface area contributed by atoms with E-state index in [4.69, 9.17) is 4.99 Å². The molecule has 4 heteroatoms. The molecule has 0 saturated heterocycles. The third-order valence-electron chi connectivity index (χ3n) is 7.76. The SMILES string of the molecule is CCCCCCCC/C=C\CCCCCCCC(=O)NC(=NC1CCCCC1)NC1CCCCC1. The fraction of sp³-hybridized carbons (Fsp3) is 0.871. The van der Waals surface area contributed by atoms with E-state index in [9.17, 15) is 4.79 Å². The maximum Gasteiger partial charge on any atom is 0.226 e. The quantitative estimate of drug-likeness (QED) is 0.0932. The summed E-state index contributed by atoms with van der Waals surface area (Å²) in [5.74, 6) is 0.905. The molecule has 0 aromatic rings. The number of hydrogen-bond acceptors (Lipinski definition) is 2. The van der Waals surface area contributed by atoms with E-state index in [1.165, 1.54) is 135 Å². The van der Waals surface area contributed by atoms with Crippen LogP contribution >= 0.6 is 0 Å². The summed E-state index contributed by atoms with van der Waals surface area (Å²) in [6.07, 6.45) is 34.6. The van der Waals surface area contributed by atoms with Crippen molar-refractivity contribution in [1.82, 2.24) is 10.6 Å². The number of amides is 1. The second kappa shape index (κ2) is 20.8. The van der Waals surface area contributed by atoms with Gasteiger partial charge in [0.05, 0.1) is 6.04 Å². The van der Waals surface area contributed by atoms with Gasteiger partial charge in [-0.1, -0.05) is 109 Å². The first-order valence-electron chi connectivity index (χ1n) is 15.6. The van der Waals surface area contributed by atoms with Crippen LogP contribution in [-0.4, -0.2) is 24.0 Å². The number of guanidine groups is 1.